The largest absolute Gasteiger partial charge is 0.371 e. The highest BCUT2D eigenvalue weighted by molar-refractivity contribution is 5.48. The van der Waals surface area contributed by atoms with E-state index in [2.05, 4.69) is 30.7 Å². The van der Waals surface area contributed by atoms with Crippen molar-refractivity contribution >= 4 is 5.69 Å². The zero-order valence-electron chi connectivity index (χ0n) is 10.7. The molecule has 0 amide bonds. The van der Waals surface area contributed by atoms with E-state index in [1.54, 1.807) is 6.20 Å². The van der Waals surface area contributed by atoms with Gasteiger partial charge in [0.15, 0.2) is 0 Å². The van der Waals surface area contributed by atoms with Gasteiger partial charge in [0.2, 0.25) is 5.95 Å². The summed E-state index contributed by atoms with van der Waals surface area (Å²) in [5, 5.41) is 0. The van der Waals surface area contributed by atoms with Crippen molar-refractivity contribution < 1.29 is 4.39 Å². The van der Waals surface area contributed by atoms with Crippen molar-refractivity contribution in [3.8, 4) is 0 Å². The zero-order valence-corrected chi connectivity index (χ0v) is 10.7. The van der Waals surface area contributed by atoms with Gasteiger partial charge in [-0.3, -0.25) is 0 Å². The van der Waals surface area contributed by atoms with Crippen LogP contribution >= 0.6 is 0 Å². The second-order valence-corrected chi connectivity index (χ2v) is 6.46. The van der Waals surface area contributed by atoms with Crippen molar-refractivity contribution in [2.24, 2.45) is 23.2 Å². The van der Waals surface area contributed by atoms with Gasteiger partial charge in [0.25, 0.3) is 0 Å². The Balaban J connectivity index is 1.70. The molecule has 0 bridgehead atoms. The van der Waals surface area contributed by atoms with E-state index >= 15 is 0 Å². The summed E-state index contributed by atoms with van der Waals surface area (Å²) in [7, 11) is 0. The molecule has 1 aromatic rings. The minimum absolute atomic E-state index is 0.379. The molecule has 2 unspecified atom stereocenters. The first-order chi connectivity index (χ1) is 7.97. The lowest BCUT2D eigenvalue weighted by atomic mass is 9.87. The molecule has 1 saturated heterocycles. The molecule has 2 atom stereocenters. The molecule has 17 heavy (non-hydrogen) atoms. The maximum absolute atomic E-state index is 13.1. The Kier molecular flexibility index (Phi) is 2.22. The van der Waals surface area contributed by atoms with Crippen molar-refractivity contribution in [1.82, 2.24) is 4.98 Å². The number of anilines is 1. The molecule has 0 N–H and O–H groups in total. The summed E-state index contributed by atoms with van der Waals surface area (Å²) < 4.78 is 13.1. The molecular formula is C14H19FN2. The maximum atomic E-state index is 13.1. The predicted octanol–water partition coefficient (Wildman–Crippen LogP) is 2.95. The molecular weight excluding hydrogens is 215 g/mol. The van der Waals surface area contributed by atoms with E-state index in [0.717, 1.165) is 36.5 Å². The van der Waals surface area contributed by atoms with Crippen LogP contribution in [0.3, 0.4) is 0 Å². The van der Waals surface area contributed by atoms with E-state index in [4.69, 9.17) is 0 Å². The van der Waals surface area contributed by atoms with Crippen LogP contribution in [0.25, 0.3) is 0 Å². The first kappa shape index (κ1) is 11.0. The second-order valence-electron chi connectivity index (χ2n) is 6.46. The number of halogens is 1. The lowest BCUT2D eigenvalue weighted by Gasteiger charge is -2.27. The molecule has 3 heteroatoms. The molecule has 3 rings (SSSR count). The molecule has 0 radical (unpaired) electrons. The Bertz CT molecular complexity index is 426. The Morgan fingerprint density at radius 2 is 1.94 bits per heavy atom. The first-order valence-electron chi connectivity index (χ1n) is 6.33. The molecule has 0 aromatic carbocycles. The molecule has 2 fully saturated rings. The van der Waals surface area contributed by atoms with Crippen molar-refractivity contribution in [2.45, 2.75) is 20.8 Å². The highest BCUT2D eigenvalue weighted by Gasteiger charge is 2.59. The summed E-state index contributed by atoms with van der Waals surface area (Å²) >= 11 is 0. The summed E-state index contributed by atoms with van der Waals surface area (Å²) in [6.07, 6.45) is 1.55. The van der Waals surface area contributed by atoms with Crippen LogP contribution in [0.4, 0.5) is 10.1 Å². The van der Waals surface area contributed by atoms with Gasteiger partial charge in [-0.15, -0.1) is 0 Å². The Morgan fingerprint density at radius 1 is 1.29 bits per heavy atom. The van der Waals surface area contributed by atoms with Gasteiger partial charge in [0.1, 0.15) is 0 Å². The standard InChI is InChI=1S/C14H19FN2/c1-14(2,3)13-10-7-17(8-11(10)13)9-4-5-16-12(15)6-9/h4-6,10-11,13H,7-8H2,1-3H3. The fourth-order valence-electron chi connectivity index (χ4n) is 3.61. The second kappa shape index (κ2) is 3.44. The molecule has 1 aliphatic carbocycles. The van der Waals surface area contributed by atoms with E-state index in [-0.39, 0.29) is 5.95 Å². The Hall–Kier alpha value is -1.12. The zero-order chi connectivity index (χ0) is 12.2. The number of nitrogens with zero attached hydrogens (tertiary/aromatic N) is 2. The van der Waals surface area contributed by atoms with Crippen LogP contribution in [0.2, 0.25) is 0 Å². The van der Waals surface area contributed by atoms with E-state index in [9.17, 15) is 4.39 Å². The van der Waals surface area contributed by atoms with Crippen LogP contribution in [0.15, 0.2) is 18.3 Å². The van der Waals surface area contributed by atoms with E-state index in [1.165, 1.54) is 6.07 Å². The third kappa shape index (κ3) is 1.81. The van der Waals surface area contributed by atoms with Crippen LogP contribution in [0, 0.1) is 29.1 Å². The number of rotatable bonds is 1. The lowest BCUT2D eigenvalue weighted by molar-refractivity contribution is 0.309. The summed E-state index contributed by atoms with van der Waals surface area (Å²) in [6, 6.07) is 3.44. The highest BCUT2D eigenvalue weighted by Crippen LogP contribution is 2.60. The molecule has 1 aliphatic heterocycles. The molecule has 0 spiro atoms. The van der Waals surface area contributed by atoms with Crippen LogP contribution < -0.4 is 4.90 Å². The van der Waals surface area contributed by atoms with Crippen molar-refractivity contribution in [3.63, 3.8) is 0 Å². The van der Waals surface area contributed by atoms with E-state index in [1.807, 2.05) is 6.07 Å². The highest BCUT2D eigenvalue weighted by atomic mass is 19.1. The average molecular weight is 234 g/mol. The van der Waals surface area contributed by atoms with Gasteiger partial charge in [-0.1, -0.05) is 20.8 Å². The quantitative estimate of drug-likeness (QED) is 0.694. The smallest absolute Gasteiger partial charge is 0.214 e. The van der Waals surface area contributed by atoms with E-state index < -0.39 is 0 Å². The summed E-state index contributed by atoms with van der Waals surface area (Å²) in [5.74, 6) is 2.10. The number of aromatic nitrogens is 1. The molecule has 1 aromatic heterocycles. The monoisotopic (exact) mass is 234 g/mol. The van der Waals surface area contributed by atoms with Crippen LogP contribution in [-0.4, -0.2) is 18.1 Å². The molecule has 2 aliphatic rings. The minimum Gasteiger partial charge on any atom is -0.371 e. The lowest BCUT2D eigenvalue weighted by Crippen LogP contribution is -2.27. The Labute approximate surface area is 102 Å². The van der Waals surface area contributed by atoms with Gasteiger partial charge >= 0.3 is 0 Å². The predicted molar refractivity (Wildman–Crippen MR) is 66.3 cm³/mol. The minimum atomic E-state index is -0.379. The number of hydrogen-bond donors (Lipinski definition) is 0. The topological polar surface area (TPSA) is 16.1 Å². The normalized spacial score (nSPS) is 31.5. The maximum Gasteiger partial charge on any atom is 0.214 e. The number of fused-ring (bicyclic) bond motifs is 1. The van der Waals surface area contributed by atoms with Crippen molar-refractivity contribution in [3.05, 3.63) is 24.3 Å². The van der Waals surface area contributed by atoms with E-state index in [0.29, 0.717) is 5.41 Å². The Morgan fingerprint density at radius 3 is 2.47 bits per heavy atom. The first-order valence-corrected chi connectivity index (χ1v) is 6.33. The average Bonchev–Trinajstić information content (AvgIpc) is 2.77. The molecule has 2 nitrogen and oxygen atoms in total. The van der Waals surface area contributed by atoms with Gasteiger partial charge in [-0.05, 0) is 29.2 Å². The summed E-state index contributed by atoms with van der Waals surface area (Å²) in [6.45, 7) is 9.14. The third-order valence-electron chi connectivity index (χ3n) is 4.27. The van der Waals surface area contributed by atoms with Gasteiger partial charge in [0.05, 0.1) is 0 Å². The SMILES string of the molecule is CC(C)(C)C1C2CN(c3ccnc(F)c3)CC21. The van der Waals surface area contributed by atoms with Crippen LogP contribution in [-0.2, 0) is 0 Å². The number of hydrogen-bond acceptors (Lipinski definition) is 2. The molecule has 92 valence electrons. The molecule has 1 saturated carbocycles. The van der Waals surface area contributed by atoms with Gasteiger partial charge in [-0.2, -0.15) is 4.39 Å². The fourth-order valence-corrected chi connectivity index (χ4v) is 3.61. The third-order valence-corrected chi connectivity index (χ3v) is 4.27. The van der Waals surface area contributed by atoms with Gasteiger partial charge < -0.3 is 4.90 Å². The summed E-state index contributed by atoms with van der Waals surface area (Å²) in [5.41, 5.74) is 1.41. The van der Waals surface area contributed by atoms with Crippen molar-refractivity contribution in [1.29, 1.82) is 0 Å². The summed E-state index contributed by atoms with van der Waals surface area (Å²) in [4.78, 5) is 5.90. The fraction of sp³-hybridized carbons (Fsp3) is 0.643. The van der Waals surface area contributed by atoms with Gasteiger partial charge in [-0.25, -0.2) is 4.98 Å². The van der Waals surface area contributed by atoms with Crippen molar-refractivity contribution in [2.75, 3.05) is 18.0 Å². The molecule has 2 heterocycles. The van der Waals surface area contributed by atoms with Gasteiger partial charge in [0, 0.05) is 31.0 Å². The van der Waals surface area contributed by atoms with Crippen LogP contribution in [0.5, 0.6) is 0 Å². The van der Waals surface area contributed by atoms with Crippen LogP contribution in [0.1, 0.15) is 20.8 Å². The number of piperidine rings is 1. The number of pyridine rings is 1.